The zero-order valence-electron chi connectivity index (χ0n) is 23.2. The number of rotatable bonds is 6. The molecule has 1 aromatic heterocycles. The van der Waals surface area contributed by atoms with Crippen molar-refractivity contribution in [3.05, 3.63) is 59.6 Å². The molecule has 1 atom stereocenters. The van der Waals surface area contributed by atoms with E-state index in [0.717, 1.165) is 42.7 Å². The number of benzene rings is 2. The second-order valence-electron chi connectivity index (χ2n) is 11.0. The van der Waals surface area contributed by atoms with Crippen molar-refractivity contribution >= 4 is 60.3 Å². The van der Waals surface area contributed by atoms with Gasteiger partial charge >= 0.3 is 0 Å². The molecule has 2 aliphatic rings. The summed E-state index contributed by atoms with van der Waals surface area (Å²) in [6.07, 6.45) is 5.31. The van der Waals surface area contributed by atoms with Crippen LogP contribution in [0.1, 0.15) is 46.0 Å². The quantitative estimate of drug-likeness (QED) is 0.343. The van der Waals surface area contributed by atoms with Gasteiger partial charge in [0.1, 0.15) is 9.10 Å². The van der Waals surface area contributed by atoms with Gasteiger partial charge in [-0.15, -0.1) is 11.3 Å². The van der Waals surface area contributed by atoms with E-state index in [9.17, 15) is 21.6 Å². The second-order valence-corrected chi connectivity index (χ2v) is 16.3. The summed E-state index contributed by atoms with van der Waals surface area (Å²) in [5.41, 5.74) is 1.77. The Balaban J connectivity index is 1.62. The van der Waals surface area contributed by atoms with Crippen LogP contribution in [-0.4, -0.2) is 46.7 Å². The van der Waals surface area contributed by atoms with Crippen molar-refractivity contribution in [3.63, 3.8) is 0 Å². The van der Waals surface area contributed by atoms with Crippen LogP contribution in [0.2, 0.25) is 5.02 Å². The first kappa shape index (κ1) is 30.0. The van der Waals surface area contributed by atoms with Crippen LogP contribution in [0, 0.1) is 11.8 Å². The van der Waals surface area contributed by atoms with Crippen molar-refractivity contribution in [2.24, 2.45) is 11.8 Å². The summed E-state index contributed by atoms with van der Waals surface area (Å²) in [7, 11) is -6.35. The van der Waals surface area contributed by atoms with Gasteiger partial charge in [-0.05, 0) is 55.2 Å². The molecule has 5 rings (SSSR count). The summed E-state index contributed by atoms with van der Waals surface area (Å²) in [5, 5.41) is 0.302. The van der Waals surface area contributed by atoms with Crippen molar-refractivity contribution < 1.29 is 21.6 Å². The van der Waals surface area contributed by atoms with Gasteiger partial charge in [-0.1, -0.05) is 62.9 Å². The summed E-state index contributed by atoms with van der Waals surface area (Å²) < 4.78 is 57.6. The first-order valence-electron chi connectivity index (χ1n) is 13.7. The van der Waals surface area contributed by atoms with Gasteiger partial charge in [0.15, 0.2) is 0 Å². The summed E-state index contributed by atoms with van der Waals surface area (Å²) in [5.74, 6) is -0.869. The second kappa shape index (κ2) is 11.7. The predicted molar refractivity (Wildman–Crippen MR) is 164 cm³/mol. The Labute approximate surface area is 251 Å². The highest BCUT2D eigenvalue weighted by molar-refractivity contribution is 7.92. The Morgan fingerprint density at radius 3 is 2.39 bits per heavy atom. The summed E-state index contributed by atoms with van der Waals surface area (Å²) in [6, 6.07) is 15.7. The number of nitrogens with zero attached hydrogens (tertiary/aromatic N) is 2. The van der Waals surface area contributed by atoms with Crippen molar-refractivity contribution in [2.45, 2.75) is 61.1 Å². The van der Waals surface area contributed by atoms with Gasteiger partial charge in [0.05, 0.1) is 10.7 Å². The van der Waals surface area contributed by atoms with Crippen LogP contribution >= 0.6 is 22.9 Å². The van der Waals surface area contributed by atoms with Gasteiger partial charge in [0.25, 0.3) is 10.0 Å². The third-order valence-corrected chi connectivity index (χ3v) is 13.1. The molecule has 1 amide bonds. The smallest absolute Gasteiger partial charge is 0.273 e. The Bertz CT molecular complexity index is 1650. The maximum absolute atomic E-state index is 14.2. The molecule has 1 fully saturated rings. The van der Waals surface area contributed by atoms with E-state index in [1.807, 2.05) is 35.2 Å². The molecule has 1 saturated carbocycles. The molecule has 12 heteroatoms. The fourth-order valence-electron chi connectivity index (χ4n) is 5.61. The number of para-hydroxylation sites is 1. The number of likely N-dealkylation sites (N-methyl/N-ethyl adjacent to an activating group) is 1. The number of thiophene rings is 1. The number of carbonyl (C=O) groups excluding carboxylic acids is 1. The minimum atomic E-state index is -4.08. The van der Waals surface area contributed by atoms with Gasteiger partial charge in [-0.25, -0.2) is 21.6 Å². The molecule has 0 bridgehead atoms. The minimum absolute atomic E-state index is 0.0595. The SMILES string of the molecule is CC(C)C(=O)NS(=O)(=O)c1ccc(-c2cc3c(cc2Cl)N(c2ccccc2)C[C@@H](C2CCCCC2)N(C)S3(=O)=O)s1. The van der Waals surface area contributed by atoms with E-state index in [-0.39, 0.29) is 21.1 Å². The van der Waals surface area contributed by atoms with Crippen LogP contribution < -0.4 is 9.62 Å². The third-order valence-electron chi connectivity index (χ3n) is 7.97. The van der Waals surface area contributed by atoms with E-state index in [2.05, 4.69) is 4.72 Å². The molecule has 0 radical (unpaired) electrons. The Morgan fingerprint density at radius 1 is 1.05 bits per heavy atom. The number of nitrogens with one attached hydrogen (secondary N) is 1. The molecule has 2 heterocycles. The van der Waals surface area contributed by atoms with Gasteiger partial charge in [0, 0.05) is 41.7 Å². The summed E-state index contributed by atoms with van der Waals surface area (Å²) in [4.78, 5) is 14.7. The lowest BCUT2D eigenvalue weighted by atomic mass is 9.83. The summed E-state index contributed by atoms with van der Waals surface area (Å²) >= 11 is 7.75. The number of amides is 1. The normalized spacial score (nSPS) is 20.0. The molecular formula is C29H34ClN3O5S3. The lowest BCUT2D eigenvalue weighted by Crippen LogP contribution is -2.46. The van der Waals surface area contributed by atoms with Crippen molar-refractivity contribution in [1.82, 2.24) is 9.03 Å². The fraction of sp³-hybridized carbons (Fsp3) is 0.414. The van der Waals surface area contributed by atoms with Crippen molar-refractivity contribution in [1.29, 1.82) is 0 Å². The maximum atomic E-state index is 14.2. The minimum Gasteiger partial charge on any atom is -0.339 e. The fourth-order valence-corrected chi connectivity index (χ4v) is 9.98. The lowest BCUT2D eigenvalue weighted by molar-refractivity contribution is -0.122. The Hall–Kier alpha value is -2.44. The monoisotopic (exact) mass is 635 g/mol. The molecular weight excluding hydrogens is 602 g/mol. The molecule has 2 aromatic carbocycles. The third kappa shape index (κ3) is 5.92. The number of halogens is 1. The van der Waals surface area contributed by atoms with Crippen LogP contribution in [0.3, 0.4) is 0 Å². The first-order valence-corrected chi connectivity index (χ1v) is 17.8. The molecule has 1 N–H and O–H groups in total. The van der Waals surface area contributed by atoms with Crippen molar-refractivity contribution in [2.75, 3.05) is 18.5 Å². The molecule has 1 aliphatic heterocycles. The number of sulfonamides is 2. The molecule has 0 saturated heterocycles. The average molecular weight is 636 g/mol. The molecule has 220 valence electrons. The van der Waals surface area contributed by atoms with Gasteiger partial charge in [-0.2, -0.15) is 4.31 Å². The summed E-state index contributed by atoms with van der Waals surface area (Å²) in [6.45, 7) is 3.70. The first-order chi connectivity index (χ1) is 19.4. The molecule has 41 heavy (non-hydrogen) atoms. The molecule has 1 aliphatic carbocycles. The average Bonchev–Trinajstić information content (AvgIpc) is 3.42. The zero-order valence-corrected chi connectivity index (χ0v) is 26.4. The van der Waals surface area contributed by atoms with Gasteiger partial charge in [-0.3, -0.25) is 4.79 Å². The zero-order chi connectivity index (χ0) is 29.5. The van der Waals surface area contributed by atoms with E-state index in [0.29, 0.717) is 27.7 Å². The van der Waals surface area contributed by atoms with E-state index in [4.69, 9.17) is 11.6 Å². The highest BCUT2D eigenvalue weighted by atomic mass is 35.5. The molecule has 3 aromatic rings. The van der Waals surface area contributed by atoms with Crippen LogP contribution in [0.25, 0.3) is 10.4 Å². The number of fused-ring (bicyclic) bond motifs is 1. The van der Waals surface area contributed by atoms with E-state index < -0.39 is 31.9 Å². The highest BCUT2D eigenvalue weighted by Gasteiger charge is 2.41. The van der Waals surface area contributed by atoms with E-state index in [1.54, 1.807) is 39.1 Å². The Morgan fingerprint density at radius 2 is 1.73 bits per heavy atom. The molecule has 0 spiro atoms. The highest BCUT2D eigenvalue weighted by Crippen LogP contribution is 2.45. The maximum Gasteiger partial charge on any atom is 0.273 e. The number of carbonyl (C=O) groups is 1. The van der Waals surface area contributed by atoms with Crippen LogP contribution in [0.15, 0.2) is 63.7 Å². The van der Waals surface area contributed by atoms with Crippen LogP contribution in [0.5, 0.6) is 0 Å². The van der Waals surface area contributed by atoms with Crippen LogP contribution in [-0.2, 0) is 24.8 Å². The number of hydrogen-bond acceptors (Lipinski definition) is 7. The molecule has 0 unspecified atom stereocenters. The largest absolute Gasteiger partial charge is 0.339 e. The Kier molecular flexibility index (Phi) is 8.56. The van der Waals surface area contributed by atoms with Gasteiger partial charge < -0.3 is 4.90 Å². The predicted octanol–water partition coefficient (Wildman–Crippen LogP) is 6.25. The van der Waals surface area contributed by atoms with E-state index in [1.165, 1.54) is 16.8 Å². The molecule has 8 nitrogen and oxygen atoms in total. The van der Waals surface area contributed by atoms with E-state index >= 15 is 0 Å². The van der Waals surface area contributed by atoms with Crippen molar-refractivity contribution in [3.8, 4) is 10.4 Å². The standard InChI is InChI=1S/C29H34ClN3O5S3/c1-19(2)29(34)31-40(35,36)28-15-14-26(39-28)22-16-27-24(17-23(22)30)33(21-12-8-5-9-13-21)18-25(32(3)41(27,37)38)20-10-6-4-7-11-20/h5,8-9,12-17,19-20,25H,4,6-7,10-11,18H2,1-3H3,(H,31,34)/t25-/m0/s1. The van der Waals surface area contributed by atoms with Crippen LogP contribution in [0.4, 0.5) is 11.4 Å². The topological polar surface area (TPSA) is 104 Å². The van der Waals surface area contributed by atoms with Gasteiger partial charge in [0.2, 0.25) is 15.9 Å². The number of anilines is 2. The lowest BCUT2D eigenvalue weighted by Gasteiger charge is -2.36. The number of hydrogen-bond donors (Lipinski definition) is 1.